The highest BCUT2D eigenvalue weighted by molar-refractivity contribution is 6.32. The summed E-state index contributed by atoms with van der Waals surface area (Å²) in [6.45, 7) is 21.6. The molecule has 0 amide bonds. The van der Waals surface area contributed by atoms with Gasteiger partial charge in [-0.3, -0.25) is 4.79 Å². The first-order valence-corrected chi connectivity index (χ1v) is 11.8. The van der Waals surface area contributed by atoms with Gasteiger partial charge in [0, 0.05) is 11.4 Å². The fourth-order valence-corrected chi connectivity index (χ4v) is 3.85. The third-order valence-electron chi connectivity index (χ3n) is 5.13. The molecule has 0 saturated heterocycles. The number of ketones is 1. The van der Waals surface area contributed by atoms with Crippen molar-refractivity contribution in [3.8, 4) is 0 Å². The summed E-state index contributed by atoms with van der Waals surface area (Å²) in [5.74, 6) is 0.722. The van der Waals surface area contributed by atoms with Gasteiger partial charge in [-0.05, 0) is 78.5 Å². The van der Waals surface area contributed by atoms with Gasteiger partial charge in [-0.2, -0.15) is 0 Å². The smallest absolute Gasteiger partial charge is 0.134 e. The van der Waals surface area contributed by atoms with E-state index in [1.54, 1.807) is 6.92 Å². The number of rotatable bonds is 5. The van der Waals surface area contributed by atoms with E-state index in [1.807, 2.05) is 39.8 Å². The van der Waals surface area contributed by atoms with Crippen molar-refractivity contribution in [3.63, 3.8) is 0 Å². The van der Waals surface area contributed by atoms with Crippen LogP contribution in [0, 0.1) is 13.8 Å². The minimum absolute atomic E-state index is 0.149. The molecule has 2 rings (SSSR count). The monoisotopic (exact) mass is 445 g/mol. The Kier molecular flexibility index (Phi) is 13.0. The molecule has 0 heterocycles. The topological polar surface area (TPSA) is 43.1 Å². The third-order valence-corrected chi connectivity index (χ3v) is 5.66. The second-order valence-electron chi connectivity index (χ2n) is 9.19. The van der Waals surface area contributed by atoms with Gasteiger partial charge in [0.15, 0.2) is 0 Å². The molecular weight excluding hydrogens is 402 g/mol. The Bertz CT molecular complexity index is 832. The van der Waals surface area contributed by atoms with Crippen molar-refractivity contribution in [1.29, 1.82) is 0 Å². The molecule has 2 aromatic carbocycles. The number of benzene rings is 2. The normalized spacial score (nSPS) is 10.7. The lowest BCUT2D eigenvalue weighted by molar-refractivity contribution is -0.116. The van der Waals surface area contributed by atoms with Gasteiger partial charge in [0.05, 0.1) is 0 Å². The van der Waals surface area contributed by atoms with E-state index in [9.17, 15) is 4.79 Å². The Hall–Kier alpha value is -1.64. The maximum atomic E-state index is 11.0. The third kappa shape index (κ3) is 9.17. The molecular formula is C28H44ClNO. The average Bonchev–Trinajstić information content (AvgIpc) is 2.69. The number of aryl methyl sites for hydroxylation is 2. The Morgan fingerprint density at radius 3 is 2.00 bits per heavy atom. The molecule has 0 aliphatic carbocycles. The molecule has 0 saturated carbocycles. The van der Waals surface area contributed by atoms with E-state index in [-0.39, 0.29) is 11.2 Å². The highest BCUT2D eigenvalue weighted by Crippen LogP contribution is 2.31. The van der Waals surface area contributed by atoms with Gasteiger partial charge in [0.1, 0.15) is 5.78 Å². The second kappa shape index (κ2) is 13.7. The van der Waals surface area contributed by atoms with E-state index in [0.717, 1.165) is 34.7 Å². The van der Waals surface area contributed by atoms with Crippen LogP contribution >= 0.6 is 11.6 Å². The molecule has 0 aliphatic rings. The van der Waals surface area contributed by atoms with Crippen LogP contribution in [-0.4, -0.2) is 12.3 Å². The Balaban J connectivity index is 0.000000547. The van der Waals surface area contributed by atoms with Crippen molar-refractivity contribution in [1.82, 2.24) is 0 Å². The van der Waals surface area contributed by atoms with E-state index in [4.69, 9.17) is 17.3 Å². The molecule has 0 bridgehead atoms. The first kappa shape index (κ1) is 29.4. The minimum Gasteiger partial charge on any atom is -0.330 e. The van der Waals surface area contributed by atoms with Crippen LogP contribution in [0.25, 0.3) is 0 Å². The predicted molar refractivity (Wildman–Crippen MR) is 139 cm³/mol. The lowest BCUT2D eigenvalue weighted by atomic mass is 9.79. The zero-order valence-electron chi connectivity index (χ0n) is 21.4. The van der Waals surface area contributed by atoms with Gasteiger partial charge in [-0.1, -0.05) is 90.4 Å². The Labute approximate surface area is 196 Å². The van der Waals surface area contributed by atoms with Gasteiger partial charge < -0.3 is 5.73 Å². The molecule has 3 heteroatoms. The maximum absolute atomic E-state index is 11.0. The Morgan fingerprint density at radius 1 is 1.00 bits per heavy atom. The molecule has 0 aliphatic heterocycles. The van der Waals surface area contributed by atoms with Crippen LogP contribution in [0.5, 0.6) is 0 Å². The molecule has 174 valence electrons. The lowest BCUT2D eigenvalue weighted by Crippen LogP contribution is -2.18. The molecule has 0 atom stereocenters. The first-order valence-electron chi connectivity index (χ1n) is 11.5. The predicted octanol–water partition coefficient (Wildman–Crippen LogP) is 7.72. The average molecular weight is 446 g/mol. The summed E-state index contributed by atoms with van der Waals surface area (Å²) in [7, 11) is 0. The Morgan fingerprint density at radius 2 is 1.55 bits per heavy atom. The zero-order valence-corrected chi connectivity index (χ0v) is 22.2. The van der Waals surface area contributed by atoms with E-state index in [0.29, 0.717) is 12.3 Å². The van der Waals surface area contributed by atoms with Crippen LogP contribution in [0.2, 0.25) is 5.02 Å². The van der Waals surface area contributed by atoms with Crippen molar-refractivity contribution in [2.24, 2.45) is 5.73 Å². The number of carbonyl (C=O) groups excluding carboxylic acids is 1. The highest BCUT2D eigenvalue weighted by atomic mass is 35.5. The second-order valence-corrected chi connectivity index (χ2v) is 9.57. The van der Waals surface area contributed by atoms with Crippen LogP contribution in [0.3, 0.4) is 0 Å². The fraction of sp³-hybridized carbons (Fsp3) is 0.536. The van der Waals surface area contributed by atoms with Crippen LogP contribution in [0.1, 0.15) is 94.7 Å². The van der Waals surface area contributed by atoms with Gasteiger partial charge >= 0.3 is 0 Å². The van der Waals surface area contributed by atoms with Crippen molar-refractivity contribution in [3.05, 3.63) is 68.7 Å². The number of hydrogen-bond donors (Lipinski definition) is 1. The molecule has 0 aromatic heterocycles. The van der Waals surface area contributed by atoms with Crippen LogP contribution < -0.4 is 5.73 Å². The largest absolute Gasteiger partial charge is 0.330 e. The SMILES string of the molecule is CC.CC(=O)Cc1c(C)ccc(C)c1Cl.CC(C)c1cccc(C(C)(C)C)c1CCN. The van der Waals surface area contributed by atoms with Crippen molar-refractivity contribution >= 4 is 17.4 Å². The van der Waals surface area contributed by atoms with Crippen molar-refractivity contribution in [2.45, 2.75) is 93.4 Å². The molecule has 0 radical (unpaired) electrons. The molecule has 0 fully saturated rings. The summed E-state index contributed by atoms with van der Waals surface area (Å²) in [6.07, 6.45) is 1.42. The molecule has 2 aromatic rings. The van der Waals surface area contributed by atoms with E-state index in [1.165, 1.54) is 16.7 Å². The van der Waals surface area contributed by atoms with Gasteiger partial charge in [0.2, 0.25) is 0 Å². The summed E-state index contributed by atoms with van der Waals surface area (Å²) in [4.78, 5) is 11.0. The summed E-state index contributed by atoms with van der Waals surface area (Å²) in [6, 6.07) is 10.6. The summed E-state index contributed by atoms with van der Waals surface area (Å²) < 4.78 is 0. The molecule has 2 N–H and O–H groups in total. The van der Waals surface area contributed by atoms with Crippen LogP contribution in [0.4, 0.5) is 0 Å². The fourth-order valence-electron chi connectivity index (χ4n) is 3.57. The first-order chi connectivity index (χ1) is 14.4. The van der Waals surface area contributed by atoms with Gasteiger partial charge in [-0.25, -0.2) is 0 Å². The quantitative estimate of drug-likeness (QED) is 0.511. The summed E-state index contributed by atoms with van der Waals surface area (Å²) in [5, 5.41) is 0.732. The van der Waals surface area contributed by atoms with E-state index in [2.05, 4.69) is 52.8 Å². The van der Waals surface area contributed by atoms with Crippen LogP contribution in [-0.2, 0) is 23.1 Å². The zero-order chi connectivity index (χ0) is 24.4. The highest BCUT2D eigenvalue weighted by Gasteiger charge is 2.20. The molecule has 0 unspecified atom stereocenters. The van der Waals surface area contributed by atoms with Crippen molar-refractivity contribution < 1.29 is 4.79 Å². The number of Topliss-reactive ketones (excluding diaryl/α,β-unsaturated/α-hetero) is 1. The lowest BCUT2D eigenvalue weighted by Gasteiger charge is -2.26. The van der Waals surface area contributed by atoms with E-state index < -0.39 is 0 Å². The van der Waals surface area contributed by atoms with Crippen LogP contribution in [0.15, 0.2) is 30.3 Å². The standard InChI is InChI=1S/C15H25N.C11H13ClO.C2H6/c1-11(2)12-7-6-8-14(15(3,4)5)13(12)9-10-16;1-7-4-5-8(2)11(12)10(7)6-9(3)13;1-2/h6-8,11H,9-10,16H2,1-5H3;4-5H,6H2,1-3H3;1-2H3. The molecule has 31 heavy (non-hydrogen) atoms. The van der Waals surface area contributed by atoms with Crippen molar-refractivity contribution in [2.75, 3.05) is 6.54 Å². The van der Waals surface area contributed by atoms with E-state index >= 15 is 0 Å². The minimum atomic E-state index is 0.149. The molecule has 2 nitrogen and oxygen atoms in total. The maximum Gasteiger partial charge on any atom is 0.134 e. The summed E-state index contributed by atoms with van der Waals surface area (Å²) in [5.41, 5.74) is 13.4. The number of carbonyl (C=O) groups is 1. The summed E-state index contributed by atoms with van der Waals surface area (Å²) >= 11 is 6.09. The molecule has 0 spiro atoms. The number of nitrogens with two attached hydrogens (primary N) is 1. The number of halogens is 1. The van der Waals surface area contributed by atoms with Gasteiger partial charge in [-0.15, -0.1) is 0 Å². The number of hydrogen-bond acceptors (Lipinski definition) is 2. The van der Waals surface area contributed by atoms with Gasteiger partial charge in [0.25, 0.3) is 0 Å².